The number of fused-ring (bicyclic) bond motifs is 2. The molecule has 4 aliphatic rings. The van der Waals surface area contributed by atoms with Gasteiger partial charge in [0.25, 0.3) is 0 Å². The summed E-state index contributed by atoms with van der Waals surface area (Å²) in [6.45, 7) is 1.56. The van der Waals surface area contributed by atoms with Crippen LogP contribution >= 0.6 is 23.5 Å². The van der Waals surface area contributed by atoms with Gasteiger partial charge in [-0.15, -0.1) is 11.8 Å². The van der Waals surface area contributed by atoms with Crippen molar-refractivity contribution in [1.82, 2.24) is 15.5 Å². The fraction of sp³-hybridized carbons (Fsp3) is 0.652. The van der Waals surface area contributed by atoms with Crippen LogP contribution in [0.2, 0.25) is 0 Å². The minimum atomic E-state index is -0.0148. The van der Waals surface area contributed by atoms with Gasteiger partial charge < -0.3 is 25.0 Å². The molecule has 0 bridgehead atoms. The van der Waals surface area contributed by atoms with Gasteiger partial charge in [-0.3, -0.25) is 4.79 Å². The van der Waals surface area contributed by atoms with Crippen LogP contribution in [0.1, 0.15) is 44.1 Å². The average Bonchev–Trinajstić information content (AvgIpc) is 3.50. The summed E-state index contributed by atoms with van der Waals surface area (Å²) >= 11 is 3.58. The molecule has 3 aliphatic heterocycles. The molecule has 2 N–H and O–H groups in total. The number of amides is 3. The Morgan fingerprint density at radius 1 is 1.19 bits per heavy atom. The third-order valence-corrected chi connectivity index (χ3v) is 9.48. The first-order valence-corrected chi connectivity index (χ1v) is 13.7. The quantitative estimate of drug-likeness (QED) is 0.625. The lowest BCUT2D eigenvalue weighted by Crippen LogP contribution is -2.63. The van der Waals surface area contributed by atoms with E-state index in [4.69, 9.17) is 9.47 Å². The number of thioether (sulfide) groups is 2. The molecule has 0 aromatic heterocycles. The molecule has 32 heavy (non-hydrogen) atoms. The fourth-order valence-electron chi connectivity index (χ4n) is 5.20. The lowest BCUT2D eigenvalue weighted by Gasteiger charge is -2.48. The number of nitrogens with zero attached hydrogens (tertiary/aromatic N) is 1. The Morgan fingerprint density at radius 2 is 2.06 bits per heavy atom. The monoisotopic (exact) mass is 477 g/mol. The van der Waals surface area contributed by atoms with Gasteiger partial charge in [-0.25, -0.2) is 4.79 Å². The number of rotatable bonds is 7. The summed E-state index contributed by atoms with van der Waals surface area (Å²) in [7, 11) is 0. The summed E-state index contributed by atoms with van der Waals surface area (Å²) in [4.78, 5) is 27.6. The van der Waals surface area contributed by atoms with Crippen LogP contribution in [0.4, 0.5) is 4.79 Å². The maximum Gasteiger partial charge on any atom is 0.318 e. The molecule has 174 valence electrons. The highest BCUT2D eigenvalue weighted by Gasteiger charge is 2.43. The lowest BCUT2D eigenvalue weighted by molar-refractivity contribution is -0.118. The second-order valence-corrected chi connectivity index (χ2v) is 11.5. The zero-order valence-electron chi connectivity index (χ0n) is 18.2. The van der Waals surface area contributed by atoms with E-state index in [-0.39, 0.29) is 24.1 Å². The maximum atomic E-state index is 13.0. The molecule has 1 aromatic carbocycles. The average molecular weight is 478 g/mol. The van der Waals surface area contributed by atoms with Gasteiger partial charge in [0.15, 0.2) is 11.5 Å². The van der Waals surface area contributed by atoms with Crippen molar-refractivity contribution in [2.75, 3.05) is 24.8 Å². The van der Waals surface area contributed by atoms with Crippen molar-refractivity contribution in [3.05, 3.63) is 23.8 Å². The van der Waals surface area contributed by atoms with E-state index in [0.717, 1.165) is 36.4 Å². The molecule has 0 radical (unpaired) electrons. The minimum absolute atomic E-state index is 0.0107. The molecule has 1 aliphatic carbocycles. The molecule has 2 saturated heterocycles. The highest BCUT2D eigenvalue weighted by Crippen LogP contribution is 2.39. The number of benzene rings is 1. The van der Waals surface area contributed by atoms with Crippen LogP contribution in [-0.4, -0.2) is 58.3 Å². The predicted octanol–water partition coefficient (Wildman–Crippen LogP) is 3.57. The molecule has 1 aromatic rings. The zero-order valence-corrected chi connectivity index (χ0v) is 19.8. The van der Waals surface area contributed by atoms with E-state index in [2.05, 4.69) is 15.5 Å². The topological polar surface area (TPSA) is 79.9 Å². The Labute approximate surface area is 197 Å². The number of hydrogen-bond donors (Lipinski definition) is 2. The maximum absolute atomic E-state index is 13.0. The SMILES string of the molecule is O=C(CSC1NC(=O)N(CC2CCCS2)C2CCCCC12)NCc1ccc2c(c1)OCO2. The van der Waals surface area contributed by atoms with Crippen molar-refractivity contribution >= 4 is 35.5 Å². The second-order valence-electron chi connectivity index (χ2n) is 8.95. The third-order valence-electron chi connectivity index (χ3n) is 6.84. The Hall–Kier alpha value is -1.74. The van der Waals surface area contributed by atoms with E-state index in [9.17, 15) is 9.59 Å². The van der Waals surface area contributed by atoms with E-state index in [0.29, 0.717) is 29.5 Å². The first-order valence-electron chi connectivity index (χ1n) is 11.6. The molecule has 4 unspecified atom stereocenters. The normalized spacial score (nSPS) is 28.9. The van der Waals surface area contributed by atoms with Gasteiger partial charge in [0.1, 0.15) is 0 Å². The first-order chi connectivity index (χ1) is 15.7. The highest BCUT2D eigenvalue weighted by molar-refractivity contribution is 8.00. The van der Waals surface area contributed by atoms with Crippen LogP contribution in [-0.2, 0) is 11.3 Å². The van der Waals surface area contributed by atoms with E-state index in [1.54, 1.807) is 11.8 Å². The first kappa shape index (κ1) is 22.1. The molecular weight excluding hydrogens is 446 g/mol. The summed E-state index contributed by atoms with van der Waals surface area (Å²) in [6.07, 6.45) is 7.08. The smallest absolute Gasteiger partial charge is 0.318 e. The summed E-state index contributed by atoms with van der Waals surface area (Å²) in [5, 5.41) is 6.80. The Bertz CT molecular complexity index is 849. The van der Waals surface area contributed by atoms with Gasteiger partial charge in [0, 0.05) is 30.3 Å². The molecule has 0 spiro atoms. The van der Waals surface area contributed by atoms with E-state index < -0.39 is 0 Å². The van der Waals surface area contributed by atoms with Crippen molar-refractivity contribution in [2.45, 2.75) is 61.7 Å². The highest BCUT2D eigenvalue weighted by atomic mass is 32.2. The number of ether oxygens (including phenoxy) is 2. The van der Waals surface area contributed by atoms with Crippen molar-refractivity contribution in [1.29, 1.82) is 0 Å². The van der Waals surface area contributed by atoms with Crippen LogP contribution in [0.5, 0.6) is 11.5 Å². The molecule has 1 saturated carbocycles. The van der Waals surface area contributed by atoms with Crippen LogP contribution in [0.3, 0.4) is 0 Å². The van der Waals surface area contributed by atoms with Crippen LogP contribution in [0, 0.1) is 5.92 Å². The number of hydrogen-bond acceptors (Lipinski definition) is 6. The van der Waals surface area contributed by atoms with Crippen molar-refractivity contribution in [2.24, 2.45) is 5.92 Å². The second kappa shape index (κ2) is 10.0. The summed E-state index contributed by atoms with van der Waals surface area (Å²) in [5.41, 5.74) is 0.978. The van der Waals surface area contributed by atoms with Gasteiger partial charge in [-0.2, -0.15) is 11.8 Å². The van der Waals surface area contributed by atoms with Crippen molar-refractivity contribution < 1.29 is 19.1 Å². The van der Waals surface area contributed by atoms with Crippen LogP contribution in [0.15, 0.2) is 18.2 Å². The molecule has 3 amide bonds. The molecule has 3 fully saturated rings. The van der Waals surface area contributed by atoms with E-state index in [1.165, 1.54) is 31.4 Å². The zero-order chi connectivity index (χ0) is 21.9. The Morgan fingerprint density at radius 3 is 2.94 bits per heavy atom. The third kappa shape index (κ3) is 4.93. The number of carbonyl (C=O) groups is 2. The largest absolute Gasteiger partial charge is 0.454 e. The van der Waals surface area contributed by atoms with Crippen molar-refractivity contribution in [3.8, 4) is 11.5 Å². The predicted molar refractivity (Wildman–Crippen MR) is 127 cm³/mol. The molecule has 5 rings (SSSR count). The number of nitrogens with one attached hydrogen (secondary N) is 2. The molecule has 3 heterocycles. The fourth-order valence-corrected chi connectivity index (χ4v) is 7.65. The van der Waals surface area contributed by atoms with Gasteiger partial charge in [-0.1, -0.05) is 18.9 Å². The van der Waals surface area contributed by atoms with Crippen LogP contribution in [0.25, 0.3) is 0 Å². The Kier molecular flexibility index (Phi) is 6.92. The Balaban J connectivity index is 1.13. The molecule has 4 atom stereocenters. The van der Waals surface area contributed by atoms with E-state index >= 15 is 0 Å². The van der Waals surface area contributed by atoms with Gasteiger partial charge in [0.05, 0.1) is 11.1 Å². The summed E-state index contributed by atoms with van der Waals surface area (Å²) in [6, 6.07) is 6.08. The molecule has 9 heteroatoms. The van der Waals surface area contributed by atoms with Gasteiger partial charge >= 0.3 is 6.03 Å². The summed E-state index contributed by atoms with van der Waals surface area (Å²) in [5.74, 6) is 3.43. The van der Waals surface area contributed by atoms with Gasteiger partial charge in [-0.05, 0) is 49.1 Å². The molecule has 7 nitrogen and oxygen atoms in total. The summed E-state index contributed by atoms with van der Waals surface area (Å²) < 4.78 is 10.7. The number of urea groups is 1. The number of carbonyl (C=O) groups excluding carboxylic acids is 2. The van der Waals surface area contributed by atoms with E-state index in [1.807, 2.05) is 30.0 Å². The van der Waals surface area contributed by atoms with Gasteiger partial charge in [0.2, 0.25) is 12.7 Å². The van der Waals surface area contributed by atoms with Crippen LogP contribution < -0.4 is 20.1 Å². The van der Waals surface area contributed by atoms with Crippen molar-refractivity contribution in [3.63, 3.8) is 0 Å². The lowest BCUT2D eigenvalue weighted by atomic mass is 9.82. The molecular formula is C23H31N3O4S2. The standard InChI is InChI=1S/C23H31N3O4S2/c27-21(24-11-15-7-8-19-20(10-15)30-14-29-19)13-32-22-17-5-1-2-6-18(17)26(23(28)25-22)12-16-4-3-9-31-16/h7-8,10,16-18,22H,1-6,9,11-14H2,(H,24,27)(H,25,28). The minimum Gasteiger partial charge on any atom is -0.454 e.